The van der Waals surface area contributed by atoms with Crippen LogP contribution in [0.4, 0.5) is 0 Å². The van der Waals surface area contributed by atoms with Gasteiger partial charge in [0, 0.05) is 24.0 Å². The fourth-order valence-electron chi connectivity index (χ4n) is 4.34. The molecule has 5 nitrogen and oxygen atoms in total. The highest BCUT2D eigenvalue weighted by molar-refractivity contribution is 7.20. The fourth-order valence-corrected chi connectivity index (χ4v) is 5.47. The number of carbonyl (C=O) groups is 1. The van der Waals surface area contributed by atoms with E-state index in [9.17, 15) is 4.79 Å². The number of nitrogens with zero attached hydrogens (tertiary/aromatic N) is 3. The Balaban J connectivity index is 0.00000180. The lowest BCUT2D eigenvalue weighted by Gasteiger charge is -2.27. The first kappa shape index (κ1) is 18.5. The van der Waals surface area contributed by atoms with E-state index < -0.39 is 0 Å². The molecule has 0 radical (unpaired) electrons. The largest absolute Gasteiger partial charge is 0.331 e. The monoisotopic (exact) mass is 402 g/mol. The van der Waals surface area contributed by atoms with Crippen LogP contribution in [0.1, 0.15) is 34.6 Å². The van der Waals surface area contributed by atoms with Gasteiger partial charge in [0.25, 0.3) is 5.91 Å². The van der Waals surface area contributed by atoms with E-state index in [2.05, 4.69) is 15.3 Å². The average Bonchev–Trinajstić information content (AvgIpc) is 3.28. The van der Waals surface area contributed by atoms with Crippen LogP contribution in [0.2, 0.25) is 0 Å². The summed E-state index contributed by atoms with van der Waals surface area (Å²) in [6.45, 7) is 3.95. The van der Waals surface area contributed by atoms with E-state index in [1.807, 2.05) is 48.0 Å². The molecule has 5 rings (SSSR count). The first-order valence-electron chi connectivity index (χ1n) is 9.30. The molecule has 1 N–H and O–H groups in total. The lowest BCUT2D eigenvalue weighted by Crippen LogP contribution is -2.42. The molecule has 0 saturated carbocycles. The Labute approximate surface area is 168 Å². The molecule has 2 fully saturated rings. The minimum atomic E-state index is 0. The van der Waals surface area contributed by atoms with E-state index in [1.54, 1.807) is 11.3 Å². The molecule has 2 aromatic heterocycles. The van der Waals surface area contributed by atoms with E-state index in [4.69, 9.17) is 0 Å². The molecular formula is C20H23ClN4OS. The predicted octanol–water partition coefficient (Wildman–Crippen LogP) is 3.78. The maximum Gasteiger partial charge on any atom is 0.264 e. The zero-order valence-corrected chi connectivity index (χ0v) is 16.9. The number of benzene rings is 1. The third kappa shape index (κ3) is 3.06. The first-order chi connectivity index (χ1) is 12.7. The molecular weight excluding hydrogens is 380 g/mol. The normalized spacial score (nSPS) is 21.9. The highest BCUT2D eigenvalue weighted by atomic mass is 35.5. The van der Waals surface area contributed by atoms with Crippen LogP contribution in [0, 0.1) is 6.92 Å². The van der Waals surface area contributed by atoms with Gasteiger partial charge in [-0.1, -0.05) is 18.2 Å². The maximum absolute atomic E-state index is 13.3. The van der Waals surface area contributed by atoms with Gasteiger partial charge in [0.05, 0.1) is 16.3 Å². The summed E-state index contributed by atoms with van der Waals surface area (Å²) in [6.07, 6.45) is 3.31. The van der Waals surface area contributed by atoms with Gasteiger partial charge < -0.3 is 10.2 Å². The number of para-hydroxylation sites is 1. The van der Waals surface area contributed by atoms with Gasteiger partial charge in [-0.15, -0.1) is 23.7 Å². The summed E-state index contributed by atoms with van der Waals surface area (Å²) in [6, 6.07) is 12.9. The van der Waals surface area contributed by atoms with Crippen LogP contribution in [0.3, 0.4) is 0 Å². The number of aromatic nitrogens is 2. The van der Waals surface area contributed by atoms with Crippen molar-refractivity contribution in [2.24, 2.45) is 0 Å². The van der Waals surface area contributed by atoms with Crippen molar-refractivity contribution in [1.29, 1.82) is 0 Å². The van der Waals surface area contributed by atoms with E-state index in [1.165, 1.54) is 0 Å². The van der Waals surface area contributed by atoms with Crippen LogP contribution < -0.4 is 5.32 Å². The number of thiophene rings is 1. The second-order valence-corrected chi connectivity index (χ2v) is 8.28. The summed E-state index contributed by atoms with van der Waals surface area (Å²) < 4.78 is 1.96. The number of hydrogen-bond acceptors (Lipinski definition) is 4. The summed E-state index contributed by atoms with van der Waals surface area (Å²) in [5.74, 6) is 0.196. The second-order valence-electron chi connectivity index (χ2n) is 7.25. The van der Waals surface area contributed by atoms with Crippen molar-refractivity contribution in [2.75, 3.05) is 13.1 Å². The van der Waals surface area contributed by atoms with Crippen LogP contribution in [-0.4, -0.2) is 45.8 Å². The molecule has 0 spiro atoms. The lowest BCUT2D eigenvalue weighted by atomic mass is 10.1. The van der Waals surface area contributed by atoms with Crippen molar-refractivity contribution in [3.05, 3.63) is 47.0 Å². The summed E-state index contributed by atoms with van der Waals surface area (Å²) >= 11 is 1.57. The molecule has 2 atom stereocenters. The van der Waals surface area contributed by atoms with Gasteiger partial charge in [0.15, 0.2) is 0 Å². The van der Waals surface area contributed by atoms with E-state index in [0.29, 0.717) is 12.1 Å². The Morgan fingerprint density at radius 2 is 1.96 bits per heavy atom. The summed E-state index contributed by atoms with van der Waals surface area (Å²) in [7, 11) is 0. The number of halogens is 1. The number of hydrogen-bond donors (Lipinski definition) is 1. The minimum Gasteiger partial charge on any atom is -0.331 e. The Hall–Kier alpha value is -1.89. The standard InChI is InChI=1S/C20H22N4OS.ClH/c1-13-17-11-18(19(25)23-14-7-8-16(23)12-21-10-9-14)26-20(17)24(22-13)15-5-3-2-4-6-15;/h2-6,11,14,16,21H,7-10,12H2,1H3;1H. The molecule has 2 saturated heterocycles. The third-order valence-corrected chi connectivity index (χ3v) is 6.74. The first-order valence-corrected chi connectivity index (χ1v) is 10.1. The Morgan fingerprint density at radius 1 is 1.19 bits per heavy atom. The van der Waals surface area contributed by atoms with Gasteiger partial charge in [-0.25, -0.2) is 4.68 Å². The zero-order chi connectivity index (χ0) is 17.7. The van der Waals surface area contributed by atoms with Gasteiger partial charge in [0.1, 0.15) is 4.83 Å². The smallest absolute Gasteiger partial charge is 0.264 e. The quantitative estimate of drug-likeness (QED) is 0.709. The number of nitrogens with one attached hydrogen (secondary N) is 1. The number of rotatable bonds is 2. The molecule has 27 heavy (non-hydrogen) atoms. The number of amides is 1. The molecule has 1 aromatic carbocycles. The topological polar surface area (TPSA) is 50.2 Å². The molecule has 3 aromatic rings. The Morgan fingerprint density at radius 3 is 2.78 bits per heavy atom. The zero-order valence-electron chi connectivity index (χ0n) is 15.2. The predicted molar refractivity (Wildman–Crippen MR) is 111 cm³/mol. The van der Waals surface area contributed by atoms with Gasteiger partial charge in [-0.2, -0.15) is 5.10 Å². The van der Waals surface area contributed by atoms with E-state index in [0.717, 1.165) is 58.8 Å². The van der Waals surface area contributed by atoms with Crippen LogP contribution in [-0.2, 0) is 0 Å². The van der Waals surface area contributed by atoms with Crippen LogP contribution in [0.15, 0.2) is 36.4 Å². The van der Waals surface area contributed by atoms with E-state index >= 15 is 0 Å². The van der Waals surface area contributed by atoms with E-state index in [-0.39, 0.29) is 18.3 Å². The third-order valence-electron chi connectivity index (χ3n) is 5.64. The molecule has 2 aliphatic rings. The minimum absolute atomic E-state index is 0. The second kappa shape index (κ2) is 7.26. The molecule has 2 aliphatic heterocycles. The van der Waals surface area contributed by atoms with Crippen LogP contribution in [0.25, 0.3) is 15.9 Å². The summed E-state index contributed by atoms with van der Waals surface area (Å²) in [5.41, 5.74) is 2.00. The highest BCUT2D eigenvalue weighted by Crippen LogP contribution is 2.35. The van der Waals surface area contributed by atoms with Crippen molar-refractivity contribution < 1.29 is 4.79 Å². The molecule has 2 unspecified atom stereocenters. The molecule has 1 amide bonds. The van der Waals surface area contributed by atoms with Crippen molar-refractivity contribution >= 4 is 39.9 Å². The highest BCUT2D eigenvalue weighted by Gasteiger charge is 2.39. The Kier molecular flexibility index (Phi) is 4.97. The van der Waals surface area contributed by atoms with Gasteiger partial charge in [0.2, 0.25) is 0 Å². The number of aryl methyl sites for hydroxylation is 1. The molecule has 142 valence electrons. The average molecular weight is 403 g/mol. The van der Waals surface area contributed by atoms with Gasteiger partial charge in [-0.05, 0) is 50.9 Å². The lowest BCUT2D eigenvalue weighted by molar-refractivity contribution is 0.0685. The van der Waals surface area contributed by atoms with Gasteiger partial charge >= 0.3 is 0 Å². The maximum atomic E-state index is 13.3. The van der Waals surface area contributed by atoms with Crippen molar-refractivity contribution in [3.8, 4) is 5.69 Å². The SMILES string of the molecule is Cc1nn(-c2ccccc2)c2sc(C(=O)N3C4CCNCC3CC4)cc12.Cl. The molecule has 2 bridgehead atoms. The van der Waals surface area contributed by atoms with Crippen molar-refractivity contribution in [3.63, 3.8) is 0 Å². The van der Waals surface area contributed by atoms with Crippen LogP contribution in [0.5, 0.6) is 0 Å². The number of fused-ring (bicyclic) bond motifs is 3. The van der Waals surface area contributed by atoms with Gasteiger partial charge in [-0.3, -0.25) is 4.79 Å². The van der Waals surface area contributed by atoms with Crippen molar-refractivity contribution in [2.45, 2.75) is 38.3 Å². The molecule has 7 heteroatoms. The Bertz CT molecular complexity index is 953. The molecule has 0 aliphatic carbocycles. The summed E-state index contributed by atoms with van der Waals surface area (Å²) in [5, 5.41) is 9.24. The fraction of sp³-hybridized carbons (Fsp3) is 0.400. The van der Waals surface area contributed by atoms with Crippen LogP contribution >= 0.6 is 23.7 Å². The molecule has 4 heterocycles. The summed E-state index contributed by atoms with van der Waals surface area (Å²) in [4.78, 5) is 17.4. The van der Waals surface area contributed by atoms with Crippen molar-refractivity contribution in [1.82, 2.24) is 20.0 Å². The number of carbonyl (C=O) groups excluding carboxylic acids is 1.